The van der Waals surface area contributed by atoms with E-state index < -0.39 is 0 Å². The summed E-state index contributed by atoms with van der Waals surface area (Å²) in [6, 6.07) is 0. The first-order valence-corrected chi connectivity index (χ1v) is 5.26. The maximum absolute atomic E-state index is 11.4. The van der Waals surface area contributed by atoms with Gasteiger partial charge >= 0.3 is 5.97 Å². The van der Waals surface area contributed by atoms with E-state index >= 15 is 0 Å². The van der Waals surface area contributed by atoms with E-state index in [9.17, 15) is 4.79 Å². The van der Waals surface area contributed by atoms with Crippen molar-refractivity contribution in [2.75, 3.05) is 13.1 Å². The molecule has 0 aromatic heterocycles. The quantitative estimate of drug-likeness (QED) is 0.594. The molecule has 0 aliphatic carbocycles. The molecule has 0 saturated carbocycles. The zero-order chi connectivity index (χ0) is 11.0. The average molecular weight is 202 g/mol. The Morgan fingerprint density at radius 3 is 2.14 bits per heavy atom. The molecule has 0 aliphatic heterocycles. The van der Waals surface area contributed by atoms with Crippen molar-refractivity contribution in [2.24, 2.45) is 17.4 Å². The van der Waals surface area contributed by atoms with Gasteiger partial charge in [0.15, 0.2) is 0 Å². The topological polar surface area (TPSA) is 78.3 Å². The fourth-order valence-corrected chi connectivity index (χ4v) is 1.08. The molecule has 0 aromatic rings. The lowest BCUT2D eigenvalue weighted by Gasteiger charge is -2.18. The van der Waals surface area contributed by atoms with E-state index in [1.165, 1.54) is 0 Å². The van der Waals surface area contributed by atoms with Crippen LogP contribution in [0.15, 0.2) is 0 Å². The predicted molar refractivity (Wildman–Crippen MR) is 56.7 cm³/mol. The molecule has 0 aromatic carbocycles. The van der Waals surface area contributed by atoms with Gasteiger partial charge in [0, 0.05) is 0 Å². The van der Waals surface area contributed by atoms with E-state index in [1.54, 1.807) is 0 Å². The SMILES string of the molecule is CCC(C)C(=O)OC(CCN)CCN. The van der Waals surface area contributed by atoms with Gasteiger partial charge < -0.3 is 16.2 Å². The zero-order valence-corrected chi connectivity index (χ0v) is 9.16. The third kappa shape index (κ3) is 5.19. The maximum Gasteiger partial charge on any atom is 0.308 e. The van der Waals surface area contributed by atoms with Crippen LogP contribution in [0.5, 0.6) is 0 Å². The van der Waals surface area contributed by atoms with Crippen LogP contribution in [0.4, 0.5) is 0 Å². The van der Waals surface area contributed by atoms with E-state index in [2.05, 4.69) is 0 Å². The molecular weight excluding hydrogens is 180 g/mol. The molecule has 0 radical (unpaired) electrons. The van der Waals surface area contributed by atoms with Crippen LogP contribution >= 0.6 is 0 Å². The molecule has 0 spiro atoms. The number of carbonyl (C=O) groups is 1. The first-order valence-electron chi connectivity index (χ1n) is 5.26. The number of rotatable bonds is 7. The van der Waals surface area contributed by atoms with Gasteiger partial charge in [0.05, 0.1) is 5.92 Å². The molecule has 0 amide bonds. The summed E-state index contributed by atoms with van der Waals surface area (Å²) in [4.78, 5) is 11.4. The summed E-state index contributed by atoms with van der Waals surface area (Å²) < 4.78 is 5.29. The highest BCUT2D eigenvalue weighted by Gasteiger charge is 2.17. The monoisotopic (exact) mass is 202 g/mol. The van der Waals surface area contributed by atoms with Gasteiger partial charge in [-0.1, -0.05) is 13.8 Å². The van der Waals surface area contributed by atoms with Gasteiger partial charge in [-0.2, -0.15) is 0 Å². The molecule has 14 heavy (non-hydrogen) atoms. The Balaban J connectivity index is 3.94. The molecule has 4 nitrogen and oxygen atoms in total. The Morgan fingerprint density at radius 1 is 1.29 bits per heavy atom. The minimum Gasteiger partial charge on any atom is -0.462 e. The normalized spacial score (nSPS) is 12.9. The molecule has 0 rings (SSSR count). The Hall–Kier alpha value is -0.610. The molecule has 4 heteroatoms. The van der Waals surface area contributed by atoms with Crippen molar-refractivity contribution < 1.29 is 9.53 Å². The van der Waals surface area contributed by atoms with Gasteiger partial charge in [0.1, 0.15) is 6.10 Å². The van der Waals surface area contributed by atoms with E-state index in [4.69, 9.17) is 16.2 Å². The van der Waals surface area contributed by atoms with Crippen LogP contribution in [-0.2, 0) is 9.53 Å². The summed E-state index contributed by atoms with van der Waals surface area (Å²) in [6.45, 7) is 4.88. The largest absolute Gasteiger partial charge is 0.462 e. The number of ether oxygens (including phenoxy) is 1. The second-order valence-corrected chi connectivity index (χ2v) is 3.52. The third-order valence-corrected chi connectivity index (χ3v) is 2.27. The smallest absolute Gasteiger partial charge is 0.308 e. The molecule has 84 valence electrons. The lowest BCUT2D eigenvalue weighted by molar-refractivity contribution is -0.154. The summed E-state index contributed by atoms with van der Waals surface area (Å²) >= 11 is 0. The lowest BCUT2D eigenvalue weighted by atomic mass is 10.1. The first-order chi connectivity index (χ1) is 6.65. The first kappa shape index (κ1) is 13.4. The maximum atomic E-state index is 11.4. The average Bonchev–Trinajstić information content (AvgIpc) is 2.17. The highest BCUT2D eigenvalue weighted by atomic mass is 16.5. The Morgan fingerprint density at radius 2 is 1.79 bits per heavy atom. The fourth-order valence-electron chi connectivity index (χ4n) is 1.08. The molecule has 1 unspecified atom stereocenters. The molecule has 0 heterocycles. The van der Waals surface area contributed by atoms with E-state index in [0.717, 1.165) is 6.42 Å². The molecule has 0 bridgehead atoms. The summed E-state index contributed by atoms with van der Waals surface area (Å²) in [5, 5.41) is 0. The second-order valence-electron chi connectivity index (χ2n) is 3.52. The van der Waals surface area contributed by atoms with E-state index in [-0.39, 0.29) is 18.0 Å². The van der Waals surface area contributed by atoms with Crippen molar-refractivity contribution >= 4 is 5.97 Å². The number of carbonyl (C=O) groups excluding carboxylic acids is 1. The zero-order valence-electron chi connectivity index (χ0n) is 9.16. The van der Waals surface area contributed by atoms with Gasteiger partial charge in [0.25, 0.3) is 0 Å². The minimum atomic E-state index is -0.139. The van der Waals surface area contributed by atoms with Crippen LogP contribution in [0.1, 0.15) is 33.1 Å². The summed E-state index contributed by atoms with van der Waals surface area (Å²) in [7, 11) is 0. The second kappa shape index (κ2) is 7.76. The third-order valence-electron chi connectivity index (χ3n) is 2.27. The highest BCUT2D eigenvalue weighted by Crippen LogP contribution is 2.09. The van der Waals surface area contributed by atoms with Crippen molar-refractivity contribution in [1.82, 2.24) is 0 Å². The Bertz CT molecular complexity index is 156. The minimum absolute atomic E-state index is 0.0342. The highest BCUT2D eigenvalue weighted by molar-refractivity contribution is 5.72. The Kier molecular flexibility index (Phi) is 7.42. The van der Waals surface area contributed by atoms with Crippen molar-refractivity contribution in [3.05, 3.63) is 0 Å². The summed E-state index contributed by atoms with van der Waals surface area (Å²) in [5.74, 6) is -0.174. The molecular formula is C10H22N2O2. The fraction of sp³-hybridized carbons (Fsp3) is 0.900. The number of hydrogen-bond donors (Lipinski definition) is 2. The van der Waals surface area contributed by atoms with Gasteiger partial charge in [-0.15, -0.1) is 0 Å². The summed E-state index contributed by atoms with van der Waals surface area (Å²) in [6.07, 6.45) is 2.08. The van der Waals surface area contributed by atoms with E-state index in [1.807, 2.05) is 13.8 Å². The number of esters is 1. The molecule has 0 fully saturated rings. The van der Waals surface area contributed by atoms with Crippen LogP contribution in [0.2, 0.25) is 0 Å². The standard InChI is InChI=1S/C10H22N2O2/c1-3-8(2)10(13)14-9(4-6-11)5-7-12/h8-9H,3-7,11-12H2,1-2H3. The Labute approximate surface area is 86.0 Å². The summed E-state index contributed by atoms with van der Waals surface area (Å²) in [5.41, 5.74) is 10.8. The van der Waals surface area contributed by atoms with Gasteiger partial charge in [-0.05, 0) is 32.4 Å². The number of hydrogen-bond acceptors (Lipinski definition) is 4. The predicted octanol–water partition coefficient (Wildman–Crippen LogP) is 0.642. The molecule has 0 aliphatic rings. The van der Waals surface area contributed by atoms with Crippen molar-refractivity contribution in [3.8, 4) is 0 Å². The van der Waals surface area contributed by atoms with Crippen LogP contribution in [0.3, 0.4) is 0 Å². The molecule has 1 atom stereocenters. The molecule has 0 saturated heterocycles. The van der Waals surface area contributed by atoms with Crippen LogP contribution in [0.25, 0.3) is 0 Å². The van der Waals surface area contributed by atoms with Gasteiger partial charge in [0.2, 0.25) is 0 Å². The molecule has 4 N–H and O–H groups in total. The van der Waals surface area contributed by atoms with Crippen molar-refractivity contribution in [1.29, 1.82) is 0 Å². The van der Waals surface area contributed by atoms with Gasteiger partial charge in [-0.3, -0.25) is 4.79 Å². The number of nitrogens with two attached hydrogens (primary N) is 2. The lowest BCUT2D eigenvalue weighted by Crippen LogP contribution is -2.27. The van der Waals surface area contributed by atoms with Crippen LogP contribution < -0.4 is 11.5 Å². The van der Waals surface area contributed by atoms with Crippen molar-refractivity contribution in [3.63, 3.8) is 0 Å². The van der Waals surface area contributed by atoms with Gasteiger partial charge in [-0.25, -0.2) is 0 Å². The van der Waals surface area contributed by atoms with Crippen LogP contribution in [-0.4, -0.2) is 25.2 Å². The van der Waals surface area contributed by atoms with Crippen LogP contribution in [0, 0.1) is 5.92 Å². The van der Waals surface area contributed by atoms with Crippen molar-refractivity contribution in [2.45, 2.75) is 39.2 Å². The van der Waals surface area contributed by atoms with E-state index in [0.29, 0.717) is 25.9 Å².